The summed E-state index contributed by atoms with van der Waals surface area (Å²) in [6.07, 6.45) is 1.94. The maximum atomic E-state index is 14.1. The Morgan fingerprint density at radius 3 is 2.47 bits per heavy atom. The number of benzene rings is 1. The largest absolute Gasteiger partial charge is 0.363 e. The monoisotopic (exact) mass is 269 g/mol. The van der Waals surface area contributed by atoms with E-state index in [2.05, 4.69) is 0 Å². The van der Waals surface area contributed by atoms with E-state index in [1.165, 1.54) is 12.1 Å². The summed E-state index contributed by atoms with van der Waals surface area (Å²) >= 11 is 0. The minimum atomic E-state index is -0.508. The van der Waals surface area contributed by atoms with Crippen LogP contribution in [0.3, 0.4) is 0 Å². The van der Waals surface area contributed by atoms with E-state index in [0.29, 0.717) is 12.1 Å². The van der Waals surface area contributed by atoms with Crippen LogP contribution in [0.4, 0.5) is 14.5 Å². The highest BCUT2D eigenvalue weighted by Crippen LogP contribution is 2.31. The third kappa shape index (κ3) is 3.04. The fourth-order valence-electron chi connectivity index (χ4n) is 2.75. The highest BCUT2D eigenvalue weighted by atomic mass is 19.1. The van der Waals surface area contributed by atoms with Crippen LogP contribution in [0, 0.1) is 11.6 Å². The van der Waals surface area contributed by atoms with E-state index in [9.17, 15) is 8.78 Å². The molecule has 0 bridgehead atoms. The summed E-state index contributed by atoms with van der Waals surface area (Å²) in [7, 11) is 3.95. The SMILES string of the molecule is CN(C)CC1CCCN1c1c(F)cc(CN)cc1F. The van der Waals surface area contributed by atoms with E-state index in [1.807, 2.05) is 23.9 Å². The van der Waals surface area contributed by atoms with Crippen molar-refractivity contribution in [2.75, 3.05) is 32.1 Å². The molecule has 1 fully saturated rings. The van der Waals surface area contributed by atoms with Gasteiger partial charge in [0.1, 0.15) is 17.3 Å². The Morgan fingerprint density at radius 1 is 1.32 bits per heavy atom. The fourth-order valence-corrected chi connectivity index (χ4v) is 2.75. The molecule has 3 nitrogen and oxygen atoms in total. The number of hydrogen-bond acceptors (Lipinski definition) is 3. The Bertz CT molecular complexity index is 425. The molecule has 0 aromatic heterocycles. The Morgan fingerprint density at radius 2 is 1.95 bits per heavy atom. The van der Waals surface area contributed by atoms with E-state index in [0.717, 1.165) is 19.4 Å². The summed E-state index contributed by atoms with van der Waals surface area (Å²) in [6.45, 7) is 1.65. The van der Waals surface area contributed by atoms with Gasteiger partial charge in [0, 0.05) is 25.7 Å². The van der Waals surface area contributed by atoms with Gasteiger partial charge in [-0.15, -0.1) is 0 Å². The first kappa shape index (κ1) is 14.2. The van der Waals surface area contributed by atoms with Crippen LogP contribution in [0.2, 0.25) is 0 Å². The smallest absolute Gasteiger partial charge is 0.149 e. The molecular formula is C14H21F2N3. The van der Waals surface area contributed by atoms with E-state index in [1.54, 1.807) is 0 Å². The van der Waals surface area contributed by atoms with Crippen molar-refractivity contribution in [1.82, 2.24) is 4.90 Å². The van der Waals surface area contributed by atoms with Crippen molar-refractivity contribution in [3.63, 3.8) is 0 Å². The molecule has 1 aromatic rings. The Labute approximate surface area is 113 Å². The van der Waals surface area contributed by atoms with Crippen LogP contribution in [0.1, 0.15) is 18.4 Å². The second kappa shape index (κ2) is 5.84. The molecule has 0 aliphatic carbocycles. The van der Waals surface area contributed by atoms with Crippen molar-refractivity contribution >= 4 is 5.69 Å². The highest BCUT2D eigenvalue weighted by molar-refractivity contribution is 5.52. The maximum absolute atomic E-state index is 14.1. The van der Waals surface area contributed by atoms with Crippen LogP contribution in [-0.2, 0) is 6.54 Å². The molecular weight excluding hydrogens is 248 g/mol. The van der Waals surface area contributed by atoms with Crippen molar-refractivity contribution in [1.29, 1.82) is 0 Å². The lowest BCUT2D eigenvalue weighted by molar-refractivity contribution is 0.370. The lowest BCUT2D eigenvalue weighted by Gasteiger charge is -2.29. The van der Waals surface area contributed by atoms with Crippen LogP contribution in [0.15, 0.2) is 12.1 Å². The van der Waals surface area contributed by atoms with Gasteiger partial charge in [-0.3, -0.25) is 0 Å². The number of hydrogen-bond donors (Lipinski definition) is 1. The van der Waals surface area contributed by atoms with Gasteiger partial charge in [0.25, 0.3) is 0 Å². The summed E-state index contributed by atoms with van der Waals surface area (Å²) in [4.78, 5) is 3.90. The zero-order valence-electron chi connectivity index (χ0n) is 11.5. The van der Waals surface area contributed by atoms with Gasteiger partial charge in [-0.05, 0) is 44.6 Å². The van der Waals surface area contributed by atoms with Crippen molar-refractivity contribution in [2.24, 2.45) is 5.73 Å². The molecule has 0 radical (unpaired) electrons. The summed E-state index contributed by atoms with van der Waals surface area (Å²) in [5.74, 6) is -1.02. The molecule has 2 N–H and O–H groups in total. The molecule has 19 heavy (non-hydrogen) atoms. The second-order valence-electron chi connectivity index (χ2n) is 5.36. The number of anilines is 1. The third-order valence-corrected chi connectivity index (χ3v) is 3.55. The lowest BCUT2D eigenvalue weighted by atomic mass is 10.1. The number of halogens is 2. The standard InChI is InChI=1S/C14H21F2N3/c1-18(2)9-11-4-3-5-19(11)14-12(15)6-10(8-17)7-13(14)16/h6-7,11H,3-5,8-9,17H2,1-2H3. The van der Waals surface area contributed by atoms with Crippen molar-refractivity contribution < 1.29 is 8.78 Å². The molecule has 1 aliphatic heterocycles. The molecule has 106 valence electrons. The van der Waals surface area contributed by atoms with Gasteiger partial charge in [0.2, 0.25) is 0 Å². The predicted octanol–water partition coefficient (Wildman–Crippen LogP) is 1.95. The minimum Gasteiger partial charge on any atom is -0.363 e. The van der Waals surface area contributed by atoms with Gasteiger partial charge in [0.05, 0.1) is 0 Å². The average molecular weight is 269 g/mol. The normalized spacial score (nSPS) is 19.5. The maximum Gasteiger partial charge on any atom is 0.149 e. The zero-order valence-corrected chi connectivity index (χ0v) is 11.5. The van der Waals surface area contributed by atoms with Gasteiger partial charge in [0.15, 0.2) is 0 Å². The number of nitrogens with two attached hydrogens (primary N) is 1. The zero-order chi connectivity index (χ0) is 14.0. The molecule has 2 rings (SSSR count). The van der Waals surface area contributed by atoms with Crippen LogP contribution >= 0.6 is 0 Å². The minimum absolute atomic E-state index is 0.0987. The summed E-state index contributed by atoms with van der Waals surface area (Å²) < 4.78 is 28.2. The number of nitrogens with zero attached hydrogens (tertiary/aromatic N) is 2. The first-order valence-corrected chi connectivity index (χ1v) is 6.62. The first-order valence-electron chi connectivity index (χ1n) is 6.62. The molecule has 0 spiro atoms. The average Bonchev–Trinajstić information content (AvgIpc) is 2.75. The van der Waals surface area contributed by atoms with Crippen LogP contribution < -0.4 is 10.6 Å². The molecule has 1 unspecified atom stereocenters. The van der Waals surface area contributed by atoms with Crippen LogP contribution in [-0.4, -0.2) is 38.1 Å². The van der Waals surface area contributed by atoms with E-state index in [-0.39, 0.29) is 18.3 Å². The van der Waals surface area contributed by atoms with Crippen molar-refractivity contribution in [3.05, 3.63) is 29.3 Å². The van der Waals surface area contributed by atoms with Gasteiger partial charge in [-0.1, -0.05) is 0 Å². The lowest BCUT2D eigenvalue weighted by Crippen LogP contribution is -2.38. The second-order valence-corrected chi connectivity index (χ2v) is 5.36. The molecule has 5 heteroatoms. The van der Waals surface area contributed by atoms with Gasteiger partial charge in [-0.2, -0.15) is 0 Å². The van der Waals surface area contributed by atoms with E-state index >= 15 is 0 Å². The summed E-state index contributed by atoms with van der Waals surface area (Å²) in [6, 6.07) is 2.84. The quantitative estimate of drug-likeness (QED) is 0.907. The fraction of sp³-hybridized carbons (Fsp3) is 0.571. The Hall–Kier alpha value is -1.20. The molecule has 1 aromatic carbocycles. The molecule has 0 saturated carbocycles. The molecule has 0 amide bonds. The Balaban J connectivity index is 2.30. The third-order valence-electron chi connectivity index (χ3n) is 3.55. The van der Waals surface area contributed by atoms with Crippen molar-refractivity contribution in [2.45, 2.75) is 25.4 Å². The van der Waals surface area contributed by atoms with Crippen LogP contribution in [0.5, 0.6) is 0 Å². The number of likely N-dealkylation sites (N-methyl/N-ethyl adjacent to an activating group) is 1. The van der Waals surface area contributed by atoms with E-state index < -0.39 is 11.6 Å². The molecule has 1 saturated heterocycles. The molecule has 1 heterocycles. The van der Waals surface area contributed by atoms with Gasteiger partial charge >= 0.3 is 0 Å². The molecule has 1 aliphatic rings. The van der Waals surface area contributed by atoms with Gasteiger partial charge < -0.3 is 15.5 Å². The highest BCUT2D eigenvalue weighted by Gasteiger charge is 2.29. The number of rotatable bonds is 4. The van der Waals surface area contributed by atoms with Gasteiger partial charge in [-0.25, -0.2) is 8.78 Å². The topological polar surface area (TPSA) is 32.5 Å². The summed E-state index contributed by atoms with van der Waals surface area (Å²) in [5.41, 5.74) is 6.02. The first-order chi connectivity index (χ1) is 9.02. The van der Waals surface area contributed by atoms with Crippen LogP contribution in [0.25, 0.3) is 0 Å². The predicted molar refractivity (Wildman–Crippen MR) is 73.2 cm³/mol. The summed E-state index contributed by atoms with van der Waals surface area (Å²) in [5, 5.41) is 0. The Kier molecular flexibility index (Phi) is 4.37. The van der Waals surface area contributed by atoms with E-state index in [4.69, 9.17) is 5.73 Å². The van der Waals surface area contributed by atoms with Crippen molar-refractivity contribution in [3.8, 4) is 0 Å². The molecule has 1 atom stereocenters.